The number of rotatable bonds is 5. The zero-order valence-electron chi connectivity index (χ0n) is 13.0. The van der Waals surface area contributed by atoms with Gasteiger partial charge in [0.25, 0.3) is 0 Å². The minimum absolute atomic E-state index is 0.319. The van der Waals surface area contributed by atoms with Gasteiger partial charge in [-0.2, -0.15) is 0 Å². The van der Waals surface area contributed by atoms with Gasteiger partial charge < -0.3 is 19.8 Å². The van der Waals surface area contributed by atoms with Gasteiger partial charge in [0.1, 0.15) is 5.75 Å². The van der Waals surface area contributed by atoms with E-state index in [0.717, 1.165) is 59.0 Å². The Morgan fingerprint density at radius 3 is 3.26 bits per heavy atom. The fraction of sp³-hybridized carbons (Fsp3) is 0.353. The lowest BCUT2D eigenvalue weighted by Gasteiger charge is -2.09. The third-order valence-corrected chi connectivity index (χ3v) is 4.97. The summed E-state index contributed by atoms with van der Waals surface area (Å²) in [6, 6.07) is 6.03. The van der Waals surface area contributed by atoms with Crippen molar-refractivity contribution in [3.63, 3.8) is 0 Å². The predicted molar refractivity (Wildman–Crippen MR) is 93.4 cm³/mol. The molecule has 0 amide bonds. The SMILES string of the molecule is COc1ccc2[nH]cc(-c3csc(NC[C@H]4CCCO4)n3)c2c1. The van der Waals surface area contributed by atoms with E-state index in [1.54, 1.807) is 18.4 Å². The molecule has 3 aromatic rings. The lowest BCUT2D eigenvalue weighted by Crippen LogP contribution is -2.18. The summed E-state index contributed by atoms with van der Waals surface area (Å²) in [5, 5.41) is 7.53. The monoisotopic (exact) mass is 329 g/mol. The number of anilines is 1. The first-order valence-electron chi connectivity index (χ1n) is 7.80. The van der Waals surface area contributed by atoms with Crippen LogP contribution >= 0.6 is 11.3 Å². The first kappa shape index (κ1) is 14.5. The maximum atomic E-state index is 5.63. The molecule has 5 nitrogen and oxygen atoms in total. The molecule has 2 N–H and O–H groups in total. The van der Waals surface area contributed by atoms with Crippen LogP contribution in [0.2, 0.25) is 0 Å². The first-order valence-corrected chi connectivity index (χ1v) is 8.68. The van der Waals surface area contributed by atoms with E-state index in [1.165, 1.54) is 0 Å². The molecule has 0 aliphatic carbocycles. The quantitative estimate of drug-likeness (QED) is 0.745. The summed E-state index contributed by atoms with van der Waals surface area (Å²) in [5.41, 5.74) is 3.16. The molecule has 23 heavy (non-hydrogen) atoms. The number of benzene rings is 1. The van der Waals surface area contributed by atoms with Gasteiger partial charge in [-0.25, -0.2) is 4.98 Å². The second-order valence-corrected chi connectivity index (χ2v) is 6.53. The molecule has 1 saturated heterocycles. The molecule has 4 rings (SSSR count). The van der Waals surface area contributed by atoms with E-state index < -0.39 is 0 Å². The van der Waals surface area contributed by atoms with Crippen molar-refractivity contribution < 1.29 is 9.47 Å². The van der Waals surface area contributed by atoms with Crippen LogP contribution in [0.1, 0.15) is 12.8 Å². The van der Waals surface area contributed by atoms with E-state index in [9.17, 15) is 0 Å². The zero-order valence-corrected chi connectivity index (χ0v) is 13.8. The average molecular weight is 329 g/mol. The molecule has 120 valence electrons. The maximum absolute atomic E-state index is 5.63. The standard InChI is InChI=1S/C17H19N3O2S/c1-21-11-4-5-15-13(7-11)14(9-18-15)16-10-23-17(20-16)19-8-12-3-2-6-22-12/h4-5,7,9-10,12,18H,2-3,6,8H2,1H3,(H,19,20)/t12-/m1/s1. The topological polar surface area (TPSA) is 59.2 Å². The molecule has 6 heteroatoms. The fourth-order valence-corrected chi connectivity index (χ4v) is 3.64. The normalized spacial score (nSPS) is 17.7. The van der Waals surface area contributed by atoms with Crippen molar-refractivity contribution in [2.45, 2.75) is 18.9 Å². The fourth-order valence-electron chi connectivity index (χ4n) is 2.92. The Morgan fingerprint density at radius 1 is 1.48 bits per heavy atom. The Morgan fingerprint density at radius 2 is 2.43 bits per heavy atom. The van der Waals surface area contributed by atoms with Crippen LogP contribution in [0.25, 0.3) is 22.2 Å². The number of nitrogens with zero attached hydrogens (tertiary/aromatic N) is 1. The van der Waals surface area contributed by atoms with Crippen LogP contribution in [0.4, 0.5) is 5.13 Å². The number of fused-ring (bicyclic) bond motifs is 1. The second kappa shape index (κ2) is 6.22. The number of methoxy groups -OCH3 is 1. The van der Waals surface area contributed by atoms with Crippen LogP contribution in [0, 0.1) is 0 Å². The minimum Gasteiger partial charge on any atom is -0.497 e. The van der Waals surface area contributed by atoms with E-state index in [2.05, 4.69) is 15.7 Å². The summed E-state index contributed by atoms with van der Waals surface area (Å²) in [6.45, 7) is 1.71. The number of hydrogen-bond donors (Lipinski definition) is 2. The van der Waals surface area contributed by atoms with Gasteiger partial charge in [-0.05, 0) is 31.0 Å². The van der Waals surface area contributed by atoms with E-state index in [-0.39, 0.29) is 0 Å². The number of hydrogen-bond acceptors (Lipinski definition) is 5. The number of aromatic nitrogens is 2. The van der Waals surface area contributed by atoms with Crippen LogP contribution in [0.15, 0.2) is 29.8 Å². The molecule has 0 saturated carbocycles. The van der Waals surface area contributed by atoms with Crippen LogP contribution in [-0.4, -0.2) is 36.3 Å². The van der Waals surface area contributed by atoms with Gasteiger partial charge in [0.15, 0.2) is 5.13 Å². The molecule has 2 aromatic heterocycles. The summed E-state index contributed by atoms with van der Waals surface area (Å²) in [5.74, 6) is 0.852. The summed E-state index contributed by atoms with van der Waals surface area (Å²) in [6.07, 6.45) is 4.61. The van der Waals surface area contributed by atoms with Crippen molar-refractivity contribution in [2.75, 3.05) is 25.6 Å². The van der Waals surface area contributed by atoms with E-state index >= 15 is 0 Å². The van der Waals surface area contributed by atoms with Crippen molar-refractivity contribution in [1.29, 1.82) is 0 Å². The Balaban J connectivity index is 1.56. The van der Waals surface area contributed by atoms with Gasteiger partial charge >= 0.3 is 0 Å². The van der Waals surface area contributed by atoms with Gasteiger partial charge in [0, 0.05) is 41.2 Å². The molecule has 1 atom stereocenters. The number of aromatic amines is 1. The molecular weight excluding hydrogens is 310 g/mol. The summed E-state index contributed by atoms with van der Waals surface area (Å²) < 4.78 is 11.0. The lowest BCUT2D eigenvalue weighted by atomic mass is 10.1. The average Bonchev–Trinajstić information content (AvgIpc) is 3.31. The van der Waals surface area contributed by atoms with Crippen molar-refractivity contribution in [3.05, 3.63) is 29.8 Å². The van der Waals surface area contributed by atoms with Crippen molar-refractivity contribution in [2.24, 2.45) is 0 Å². The number of H-pyrrole nitrogens is 1. The second-order valence-electron chi connectivity index (χ2n) is 5.67. The van der Waals surface area contributed by atoms with E-state index in [0.29, 0.717) is 6.10 Å². The molecular formula is C17H19N3O2S. The number of thiazole rings is 1. The Labute approximate surface area is 138 Å². The van der Waals surface area contributed by atoms with Gasteiger partial charge in [-0.1, -0.05) is 0 Å². The van der Waals surface area contributed by atoms with Gasteiger partial charge in [0.05, 0.1) is 18.9 Å². The molecule has 0 unspecified atom stereocenters. The van der Waals surface area contributed by atoms with Gasteiger partial charge in [-0.15, -0.1) is 11.3 Å². The third kappa shape index (κ3) is 2.92. The molecule has 0 spiro atoms. The summed E-state index contributed by atoms with van der Waals surface area (Å²) >= 11 is 1.63. The highest BCUT2D eigenvalue weighted by atomic mass is 32.1. The molecule has 1 aliphatic rings. The summed E-state index contributed by atoms with van der Waals surface area (Å²) in [4.78, 5) is 8.00. The van der Waals surface area contributed by atoms with Crippen molar-refractivity contribution >= 4 is 27.4 Å². The van der Waals surface area contributed by atoms with Crippen molar-refractivity contribution in [1.82, 2.24) is 9.97 Å². The molecule has 0 bridgehead atoms. The maximum Gasteiger partial charge on any atom is 0.183 e. The van der Waals surface area contributed by atoms with Gasteiger partial charge in [-0.3, -0.25) is 0 Å². The smallest absolute Gasteiger partial charge is 0.183 e. The largest absolute Gasteiger partial charge is 0.497 e. The van der Waals surface area contributed by atoms with Crippen LogP contribution in [-0.2, 0) is 4.74 Å². The summed E-state index contributed by atoms with van der Waals surface area (Å²) in [7, 11) is 1.68. The first-order chi connectivity index (χ1) is 11.3. The highest BCUT2D eigenvalue weighted by molar-refractivity contribution is 7.14. The Hall–Kier alpha value is -2.05. The minimum atomic E-state index is 0.319. The lowest BCUT2D eigenvalue weighted by molar-refractivity contribution is 0.120. The van der Waals surface area contributed by atoms with E-state index in [1.807, 2.05) is 24.4 Å². The molecule has 3 heterocycles. The highest BCUT2D eigenvalue weighted by Gasteiger charge is 2.16. The predicted octanol–water partition coefficient (Wildman–Crippen LogP) is 3.89. The molecule has 1 aliphatic heterocycles. The van der Waals surface area contributed by atoms with Gasteiger partial charge in [0.2, 0.25) is 0 Å². The van der Waals surface area contributed by atoms with Crippen LogP contribution in [0.5, 0.6) is 5.75 Å². The van der Waals surface area contributed by atoms with E-state index in [4.69, 9.17) is 14.5 Å². The zero-order chi connectivity index (χ0) is 15.6. The van der Waals surface area contributed by atoms with Crippen molar-refractivity contribution in [3.8, 4) is 17.0 Å². The van der Waals surface area contributed by atoms with Crippen LogP contribution in [0.3, 0.4) is 0 Å². The highest BCUT2D eigenvalue weighted by Crippen LogP contribution is 2.33. The molecule has 1 fully saturated rings. The van der Waals surface area contributed by atoms with Crippen LogP contribution < -0.4 is 10.1 Å². The third-order valence-electron chi connectivity index (χ3n) is 4.17. The number of nitrogens with one attached hydrogen (secondary N) is 2. The Kier molecular flexibility index (Phi) is 3.93. The molecule has 0 radical (unpaired) electrons. The Bertz CT molecular complexity index is 805. The number of ether oxygens (including phenoxy) is 2. The molecule has 1 aromatic carbocycles.